The molecule has 1 aromatic carbocycles. The first-order chi connectivity index (χ1) is 8.56. The van der Waals surface area contributed by atoms with Crippen molar-refractivity contribution in [1.82, 2.24) is 5.32 Å². The zero-order valence-electron chi connectivity index (χ0n) is 11.0. The van der Waals surface area contributed by atoms with Crippen LogP contribution in [0.15, 0.2) is 18.2 Å². The van der Waals surface area contributed by atoms with Crippen LogP contribution in [0, 0.1) is 0 Å². The van der Waals surface area contributed by atoms with Gasteiger partial charge in [-0.15, -0.1) is 0 Å². The lowest BCUT2D eigenvalue weighted by molar-refractivity contribution is 0.201. The van der Waals surface area contributed by atoms with Gasteiger partial charge in [0.25, 0.3) is 0 Å². The molecule has 1 fully saturated rings. The SMILES string of the molecule is CC(O)CN(C)c1ccc(Cl)cc1CNC1CC1. The summed E-state index contributed by atoms with van der Waals surface area (Å²) in [5.74, 6) is 0. The van der Waals surface area contributed by atoms with E-state index in [0.29, 0.717) is 12.6 Å². The minimum absolute atomic E-state index is 0.338. The largest absolute Gasteiger partial charge is 0.392 e. The van der Waals surface area contributed by atoms with Gasteiger partial charge in [-0.2, -0.15) is 0 Å². The van der Waals surface area contributed by atoms with Gasteiger partial charge in [0, 0.05) is 36.9 Å². The molecular formula is C14H21ClN2O. The van der Waals surface area contributed by atoms with E-state index in [-0.39, 0.29) is 6.10 Å². The third-order valence-electron chi connectivity index (χ3n) is 3.15. The van der Waals surface area contributed by atoms with Crippen LogP contribution in [-0.2, 0) is 6.54 Å². The molecule has 0 heterocycles. The summed E-state index contributed by atoms with van der Waals surface area (Å²) in [5, 5.41) is 13.7. The van der Waals surface area contributed by atoms with Crippen molar-refractivity contribution in [3.63, 3.8) is 0 Å². The number of benzene rings is 1. The van der Waals surface area contributed by atoms with Crippen molar-refractivity contribution in [1.29, 1.82) is 0 Å². The quantitative estimate of drug-likeness (QED) is 0.832. The Balaban J connectivity index is 2.10. The third-order valence-corrected chi connectivity index (χ3v) is 3.38. The van der Waals surface area contributed by atoms with E-state index >= 15 is 0 Å². The van der Waals surface area contributed by atoms with Gasteiger partial charge >= 0.3 is 0 Å². The molecule has 1 atom stereocenters. The highest BCUT2D eigenvalue weighted by Crippen LogP contribution is 2.26. The molecule has 0 aliphatic heterocycles. The first-order valence-corrected chi connectivity index (χ1v) is 6.85. The fourth-order valence-corrected chi connectivity index (χ4v) is 2.30. The minimum atomic E-state index is -0.338. The maximum Gasteiger partial charge on any atom is 0.0686 e. The van der Waals surface area contributed by atoms with Gasteiger partial charge < -0.3 is 15.3 Å². The number of aliphatic hydroxyl groups is 1. The first-order valence-electron chi connectivity index (χ1n) is 6.47. The lowest BCUT2D eigenvalue weighted by Gasteiger charge is -2.24. The minimum Gasteiger partial charge on any atom is -0.392 e. The number of nitrogens with zero attached hydrogens (tertiary/aromatic N) is 1. The van der Waals surface area contributed by atoms with Crippen LogP contribution in [0.2, 0.25) is 5.02 Å². The molecule has 18 heavy (non-hydrogen) atoms. The average Bonchev–Trinajstić information content (AvgIpc) is 3.09. The number of likely N-dealkylation sites (N-methyl/N-ethyl adjacent to an activating group) is 1. The molecule has 2 rings (SSSR count). The lowest BCUT2D eigenvalue weighted by atomic mass is 10.1. The average molecular weight is 269 g/mol. The normalized spacial score (nSPS) is 16.7. The topological polar surface area (TPSA) is 35.5 Å². The van der Waals surface area contributed by atoms with Crippen LogP contribution in [0.3, 0.4) is 0 Å². The number of halogens is 1. The zero-order chi connectivity index (χ0) is 13.1. The fourth-order valence-electron chi connectivity index (χ4n) is 2.10. The van der Waals surface area contributed by atoms with Crippen molar-refractivity contribution in [2.75, 3.05) is 18.5 Å². The highest BCUT2D eigenvalue weighted by atomic mass is 35.5. The summed E-state index contributed by atoms with van der Waals surface area (Å²) in [5.41, 5.74) is 2.33. The van der Waals surface area contributed by atoms with Gasteiger partial charge in [-0.1, -0.05) is 11.6 Å². The van der Waals surface area contributed by atoms with Gasteiger partial charge in [0.05, 0.1) is 6.10 Å². The Kier molecular flexibility index (Phi) is 4.49. The van der Waals surface area contributed by atoms with Crippen molar-refractivity contribution in [3.8, 4) is 0 Å². The Morgan fingerprint density at radius 2 is 2.22 bits per heavy atom. The molecule has 0 amide bonds. The smallest absolute Gasteiger partial charge is 0.0686 e. The second kappa shape index (κ2) is 5.91. The Labute approximate surface area is 114 Å². The second-order valence-electron chi connectivity index (χ2n) is 5.16. The molecule has 100 valence electrons. The van der Waals surface area contributed by atoms with Gasteiger partial charge in [0.15, 0.2) is 0 Å². The van der Waals surface area contributed by atoms with E-state index in [0.717, 1.165) is 17.3 Å². The maximum absolute atomic E-state index is 9.47. The molecule has 1 saturated carbocycles. The number of anilines is 1. The number of hydrogen-bond acceptors (Lipinski definition) is 3. The number of nitrogens with one attached hydrogen (secondary N) is 1. The summed E-state index contributed by atoms with van der Waals surface area (Å²) in [4.78, 5) is 2.07. The summed E-state index contributed by atoms with van der Waals surface area (Å²) in [6, 6.07) is 6.61. The Hall–Kier alpha value is -0.770. The van der Waals surface area contributed by atoms with Gasteiger partial charge in [-0.05, 0) is 43.5 Å². The predicted molar refractivity (Wildman–Crippen MR) is 76.3 cm³/mol. The number of rotatable bonds is 6. The molecule has 3 nitrogen and oxygen atoms in total. The highest BCUT2D eigenvalue weighted by molar-refractivity contribution is 6.30. The Morgan fingerprint density at radius 3 is 2.83 bits per heavy atom. The van der Waals surface area contributed by atoms with E-state index in [9.17, 15) is 5.11 Å². The van der Waals surface area contributed by atoms with Crippen LogP contribution in [0.4, 0.5) is 5.69 Å². The summed E-state index contributed by atoms with van der Waals surface area (Å²) in [6.07, 6.45) is 2.22. The van der Waals surface area contributed by atoms with Crippen molar-refractivity contribution < 1.29 is 5.11 Å². The molecular weight excluding hydrogens is 248 g/mol. The molecule has 0 radical (unpaired) electrons. The second-order valence-corrected chi connectivity index (χ2v) is 5.59. The summed E-state index contributed by atoms with van der Waals surface area (Å²) in [7, 11) is 2.00. The lowest BCUT2D eigenvalue weighted by Crippen LogP contribution is -2.28. The monoisotopic (exact) mass is 268 g/mol. The van der Waals surface area contributed by atoms with E-state index in [4.69, 9.17) is 11.6 Å². The van der Waals surface area contributed by atoms with E-state index in [1.165, 1.54) is 18.4 Å². The van der Waals surface area contributed by atoms with Gasteiger partial charge in [0.1, 0.15) is 0 Å². The van der Waals surface area contributed by atoms with E-state index in [1.807, 2.05) is 25.2 Å². The standard InChI is InChI=1S/C14H21ClN2O/c1-10(18)9-17(2)14-6-3-12(15)7-11(14)8-16-13-4-5-13/h3,6-7,10,13,16,18H,4-5,8-9H2,1-2H3. The van der Waals surface area contributed by atoms with Crippen LogP contribution in [0.25, 0.3) is 0 Å². The molecule has 1 unspecified atom stereocenters. The Morgan fingerprint density at radius 1 is 1.50 bits per heavy atom. The van der Waals surface area contributed by atoms with Crippen molar-refractivity contribution >= 4 is 17.3 Å². The Bertz CT molecular complexity index is 405. The summed E-state index contributed by atoms with van der Waals surface area (Å²) >= 11 is 6.06. The summed E-state index contributed by atoms with van der Waals surface area (Å²) < 4.78 is 0. The van der Waals surface area contributed by atoms with E-state index in [1.54, 1.807) is 6.92 Å². The van der Waals surface area contributed by atoms with Crippen LogP contribution in [0.5, 0.6) is 0 Å². The van der Waals surface area contributed by atoms with Gasteiger partial charge in [-0.25, -0.2) is 0 Å². The van der Waals surface area contributed by atoms with Crippen molar-refractivity contribution in [2.45, 2.75) is 38.5 Å². The van der Waals surface area contributed by atoms with Gasteiger partial charge in [0.2, 0.25) is 0 Å². The summed E-state index contributed by atoms with van der Waals surface area (Å²) in [6.45, 7) is 3.26. The molecule has 1 aliphatic rings. The molecule has 4 heteroatoms. The third kappa shape index (κ3) is 3.87. The van der Waals surface area contributed by atoms with Gasteiger partial charge in [-0.3, -0.25) is 0 Å². The van der Waals surface area contributed by atoms with E-state index in [2.05, 4.69) is 10.2 Å². The molecule has 0 spiro atoms. The van der Waals surface area contributed by atoms with Crippen LogP contribution >= 0.6 is 11.6 Å². The molecule has 0 bridgehead atoms. The molecule has 0 saturated heterocycles. The molecule has 1 aliphatic carbocycles. The van der Waals surface area contributed by atoms with Crippen LogP contribution < -0.4 is 10.2 Å². The maximum atomic E-state index is 9.47. The zero-order valence-corrected chi connectivity index (χ0v) is 11.7. The molecule has 0 aromatic heterocycles. The van der Waals surface area contributed by atoms with Crippen LogP contribution in [0.1, 0.15) is 25.3 Å². The van der Waals surface area contributed by atoms with Crippen molar-refractivity contribution in [2.24, 2.45) is 0 Å². The molecule has 2 N–H and O–H groups in total. The number of hydrogen-bond donors (Lipinski definition) is 2. The number of aliphatic hydroxyl groups excluding tert-OH is 1. The molecule has 1 aromatic rings. The predicted octanol–water partition coefficient (Wildman–Crippen LogP) is 2.41. The van der Waals surface area contributed by atoms with Crippen LogP contribution in [-0.4, -0.2) is 30.8 Å². The fraction of sp³-hybridized carbons (Fsp3) is 0.571. The highest BCUT2D eigenvalue weighted by Gasteiger charge is 2.21. The van der Waals surface area contributed by atoms with E-state index < -0.39 is 0 Å². The first kappa shape index (κ1) is 13.7. The van der Waals surface area contributed by atoms with Crippen molar-refractivity contribution in [3.05, 3.63) is 28.8 Å².